The second-order valence-electron chi connectivity index (χ2n) is 5.40. The van der Waals surface area contributed by atoms with Gasteiger partial charge in [-0.1, -0.05) is 35.5 Å². The molecule has 0 aliphatic carbocycles. The van der Waals surface area contributed by atoms with Crippen molar-refractivity contribution in [3.8, 4) is 0 Å². The first-order valence-corrected chi connectivity index (χ1v) is 7.19. The highest BCUT2D eigenvalue weighted by Crippen LogP contribution is 2.13. The molecule has 114 valence electrons. The van der Waals surface area contributed by atoms with Crippen LogP contribution >= 0.6 is 0 Å². The van der Waals surface area contributed by atoms with Crippen LogP contribution in [0.3, 0.4) is 0 Å². The highest BCUT2D eigenvalue weighted by molar-refractivity contribution is 5.98. The van der Waals surface area contributed by atoms with E-state index < -0.39 is 0 Å². The molecule has 0 bridgehead atoms. The molecule has 2 rings (SSSR count). The standard InChI is InChI=1S/C15H22N4O2/c16-14(18-21)9-15(20)17-13-7-4-8-19(11-13)10-12-5-2-1-3-6-12/h1-3,5-6,13,21H,4,7-11H2,(H2,16,18)(H,17,20). The number of nitrogens with one attached hydrogen (secondary N) is 1. The Kier molecular flexibility index (Phi) is 5.57. The minimum atomic E-state index is -0.197. The number of carbonyl (C=O) groups is 1. The Balaban J connectivity index is 1.82. The summed E-state index contributed by atoms with van der Waals surface area (Å²) < 4.78 is 0. The summed E-state index contributed by atoms with van der Waals surface area (Å²) in [7, 11) is 0. The third-order valence-corrected chi connectivity index (χ3v) is 3.59. The number of hydrogen-bond acceptors (Lipinski definition) is 4. The molecule has 1 aliphatic heterocycles. The second kappa shape index (κ2) is 7.64. The molecule has 1 saturated heterocycles. The molecule has 1 amide bonds. The average molecular weight is 290 g/mol. The van der Waals surface area contributed by atoms with Crippen molar-refractivity contribution in [2.24, 2.45) is 10.9 Å². The Morgan fingerprint density at radius 2 is 2.19 bits per heavy atom. The number of oxime groups is 1. The van der Waals surface area contributed by atoms with E-state index in [0.717, 1.165) is 32.5 Å². The molecule has 21 heavy (non-hydrogen) atoms. The molecule has 1 unspecified atom stereocenters. The minimum absolute atomic E-state index is 0.0638. The molecule has 1 atom stereocenters. The van der Waals surface area contributed by atoms with Gasteiger partial charge in [-0.15, -0.1) is 0 Å². The second-order valence-corrected chi connectivity index (χ2v) is 5.40. The van der Waals surface area contributed by atoms with Crippen LogP contribution in [0.15, 0.2) is 35.5 Å². The number of benzene rings is 1. The maximum absolute atomic E-state index is 11.7. The molecule has 6 heteroatoms. The van der Waals surface area contributed by atoms with Crippen LogP contribution in [0.2, 0.25) is 0 Å². The summed E-state index contributed by atoms with van der Waals surface area (Å²) in [5.74, 6) is -0.263. The van der Waals surface area contributed by atoms with Gasteiger partial charge < -0.3 is 16.3 Å². The van der Waals surface area contributed by atoms with Crippen molar-refractivity contribution in [2.45, 2.75) is 31.8 Å². The van der Waals surface area contributed by atoms with E-state index in [0.29, 0.717) is 0 Å². The zero-order chi connectivity index (χ0) is 15.1. The van der Waals surface area contributed by atoms with Crippen molar-refractivity contribution in [2.75, 3.05) is 13.1 Å². The summed E-state index contributed by atoms with van der Waals surface area (Å²) in [6.07, 6.45) is 1.96. The lowest BCUT2D eigenvalue weighted by Crippen LogP contribution is -2.47. The number of nitrogens with two attached hydrogens (primary N) is 1. The maximum Gasteiger partial charge on any atom is 0.227 e. The fourth-order valence-electron chi connectivity index (χ4n) is 2.64. The first-order chi connectivity index (χ1) is 10.2. The summed E-state index contributed by atoms with van der Waals surface area (Å²) >= 11 is 0. The number of piperidine rings is 1. The predicted octanol–water partition coefficient (Wildman–Crippen LogP) is 0.904. The molecule has 0 radical (unpaired) electrons. The third-order valence-electron chi connectivity index (χ3n) is 3.59. The fourth-order valence-corrected chi connectivity index (χ4v) is 2.64. The average Bonchev–Trinajstić information content (AvgIpc) is 2.48. The summed E-state index contributed by atoms with van der Waals surface area (Å²) in [5, 5.41) is 14.2. The lowest BCUT2D eigenvalue weighted by atomic mass is 10.0. The van der Waals surface area contributed by atoms with Crippen LogP contribution in [0.4, 0.5) is 0 Å². The van der Waals surface area contributed by atoms with E-state index in [9.17, 15) is 4.79 Å². The van der Waals surface area contributed by atoms with Gasteiger partial charge in [0.2, 0.25) is 5.91 Å². The van der Waals surface area contributed by atoms with Gasteiger partial charge in [0.1, 0.15) is 5.84 Å². The number of likely N-dealkylation sites (tertiary alicyclic amines) is 1. The van der Waals surface area contributed by atoms with Gasteiger partial charge in [0.15, 0.2) is 0 Å². The first kappa shape index (κ1) is 15.3. The lowest BCUT2D eigenvalue weighted by Gasteiger charge is -2.33. The molecule has 1 heterocycles. The van der Waals surface area contributed by atoms with Crippen LogP contribution in [-0.2, 0) is 11.3 Å². The van der Waals surface area contributed by atoms with E-state index in [1.54, 1.807) is 0 Å². The lowest BCUT2D eigenvalue weighted by molar-refractivity contribution is -0.121. The first-order valence-electron chi connectivity index (χ1n) is 7.19. The Bertz CT molecular complexity index is 490. The quantitative estimate of drug-likeness (QED) is 0.325. The van der Waals surface area contributed by atoms with Crippen LogP contribution in [-0.4, -0.2) is 41.0 Å². The number of amidine groups is 1. The number of carbonyl (C=O) groups excluding carboxylic acids is 1. The zero-order valence-electron chi connectivity index (χ0n) is 12.0. The van der Waals surface area contributed by atoms with E-state index in [-0.39, 0.29) is 24.2 Å². The van der Waals surface area contributed by atoms with Crippen LogP contribution in [0.1, 0.15) is 24.8 Å². The molecule has 1 aliphatic rings. The van der Waals surface area contributed by atoms with Gasteiger partial charge >= 0.3 is 0 Å². The molecular weight excluding hydrogens is 268 g/mol. The Morgan fingerprint density at radius 1 is 1.43 bits per heavy atom. The third kappa shape index (κ3) is 5.07. The van der Waals surface area contributed by atoms with Gasteiger partial charge in [0.05, 0.1) is 6.42 Å². The van der Waals surface area contributed by atoms with Gasteiger partial charge in [-0.2, -0.15) is 0 Å². The SMILES string of the molecule is NC(CC(=O)NC1CCCN(Cc2ccccc2)C1)=NO. The number of nitrogens with zero attached hydrogens (tertiary/aromatic N) is 2. The van der Waals surface area contributed by atoms with Crippen molar-refractivity contribution in [1.82, 2.24) is 10.2 Å². The number of rotatable bonds is 5. The highest BCUT2D eigenvalue weighted by atomic mass is 16.4. The fraction of sp³-hybridized carbons (Fsp3) is 0.467. The molecule has 1 aromatic rings. The Labute approximate surface area is 124 Å². The molecular formula is C15H22N4O2. The van der Waals surface area contributed by atoms with E-state index in [4.69, 9.17) is 10.9 Å². The normalized spacial score (nSPS) is 20.2. The molecule has 0 saturated carbocycles. The van der Waals surface area contributed by atoms with Crippen LogP contribution in [0, 0.1) is 0 Å². The van der Waals surface area contributed by atoms with Gasteiger partial charge in [-0.05, 0) is 24.9 Å². The summed E-state index contributed by atoms with van der Waals surface area (Å²) in [6, 6.07) is 10.4. The zero-order valence-corrected chi connectivity index (χ0v) is 12.0. The minimum Gasteiger partial charge on any atom is -0.409 e. The molecule has 0 spiro atoms. The van der Waals surface area contributed by atoms with Crippen molar-refractivity contribution in [1.29, 1.82) is 0 Å². The van der Waals surface area contributed by atoms with Gasteiger partial charge in [-0.3, -0.25) is 9.69 Å². The van der Waals surface area contributed by atoms with Crippen molar-refractivity contribution in [3.05, 3.63) is 35.9 Å². The largest absolute Gasteiger partial charge is 0.409 e. The van der Waals surface area contributed by atoms with E-state index in [2.05, 4.69) is 27.5 Å². The van der Waals surface area contributed by atoms with E-state index >= 15 is 0 Å². The molecule has 1 aromatic carbocycles. The molecule has 1 fully saturated rings. The Morgan fingerprint density at radius 3 is 2.90 bits per heavy atom. The molecule has 6 nitrogen and oxygen atoms in total. The number of amides is 1. The number of hydrogen-bond donors (Lipinski definition) is 3. The maximum atomic E-state index is 11.7. The summed E-state index contributed by atoms with van der Waals surface area (Å²) in [4.78, 5) is 14.1. The predicted molar refractivity (Wildman–Crippen MR) is 80.9 cm³/mol. The van der Waals surface area contributed by atoms with Gasteiger partial charge in [0.25, 0.3) is 0 Å². The van der Waals surface area contributed by atoms with E-state index in [1.165, 1.54) is 5.56 Å². The molecule has 0 aromatic heterocycles. The van der Waals surface area contributed by atoms with Crippen molar-refractivity contribution >= 4 is 11.7 Å². The monoisotopic (exact) mass is 290 g/mol. The van der Waals surface area contributed by atoms with Crippen molar-refractivity contribution < 1.29 is 10.0 Å². The summed E-state index contributed by atoms with van der Waals surface area (Å²) in [6.45, 7) is 2.77. The van der Waals surface area contributed by atoms with Crippen LogP contribution in [0.25, 0.3) is 0 Å². The van der Waals surface area contributed by atoms with Crippen LogP contribution < -0.4 is 11.1 Å². The smallest absolute Gasteiger partial charge is 0.227 e. The topological polar surface area (TPSA) is 91.0 Å². The van der Waals surface area contributed by atoms with Crippen molar-refractivity contribution in [3.63, 3.8) is 0 Å². The molecule has 4 N–H and O–H groups in total. The summed E-state index contributed by atoms with van der Waals surface area (Å²) in [5.41, 5.74) is 6.62. The van der Waals surface area contributed by atoms with Crippen LogP contribution in [0.5, 0.6) is 0 Å². The highest BCUT2D eigenvalue weighted by Gasteiger charge is 2.21. The Hall–Kier alpha value is -2.08. The van der Waals surface area contributed by atoms with E-state index in [1.807, 2.05) is 18.2 Å². The van der Waals surface area contributed by atoms with Gasteiger partial charge in [-0.25, -0.2) is 0 Å². The van der Waals surface area contributed by atoms with Gasteiger partial charge in [0, 0.05) is 19.1 Å².